The Morgan fingerprint density at radius 3 is 1.74 bits per heavy atom. The molecule has 0 saturated carbocycles. The largest absolute Gasteiger partial charge is 0.506 e. The number of nitrogens with zero attached hydrogens (tertiary/aromatic N) is 2. The number of phenolic OH excluding ortho intramolecular Hbond substituents is 3. The first-order valence-electron chi connectivity index (χ1n) is 17.8. The molecule has 0 radical (unpaired) electrons. The first-order valence-corrected chi connectivity index (χ1v) is 17.8. The number of aromatic hydroxyl groups is 3. The van der Waals surface area contributed by atoms with Crippen LogP contribution in [0.5, 0.6) is 17.2 Å². The Kier molecular flexibility index (Phi) is 8.01. The number of benzene rings is 7. The first kappa shape index (κ1) is 32.0. The number of hydrogen-bond acceptors (Lipinski definition) is 4. The maximum absolute atomic E-state index is 11.6. The van der Waals surface area contributed by atoms with Crippen molar-refractivity contribution in [2.24, 2.45) is 0 Å². The SMILES string of the molecule is Oc1cc(-c2ccccc2)c(O)c(O)c1N(c1ccc(C2=CCCC=C2)cc1)c1ccc(-c2cccc(-n3c4ccccc4c4ccccc43)c2)cc1. The van der Waals surface area contributed by atoms with Crippen LogP contribution >= 0.6 is 0 Å². The van der Waals surface area contributed by atoms with E-state index in [1.54, 1.807) is 4.90 Å². The molecular weight excluding hydrogens is 653 g/mol. The first-order chi connectivity index (χ1) is 26.0. The lowest BCUT2D eigenvalue weighted by atomic mass is 9.98. The van der Waals surface area contributed by atoms with Gasteiger partial charge in [-0.2, -0.15) is 0 Å². The third-order valence-corrected chi connectivity index (χ3v) is 10.1. The molecule has 0 unspecified atom stereocenters. The third kappa shape index (κ3) is 5.69. The Balaban J connectivity index is 1.13. The van der Waals surface area contributed by atoms with Crippen molar-refractivity contribution in [1.82, 2.24) is 4.57 Å². The van der Waals surface area contributed by atoms with Crippen LogP contribution in [0.4, 0.5) is 17.1 Å². The second kappa shape index (κ2) is 13.3. The van der Waals surface area contributed by atoms with Crippen LogP contribution in [0.3, 0.4) is 0 Å². The van der Waals surface area contributed by atoms with Crippen LogP contribution in [0.25, 0.3) is 55.3 Å². The maximum Gasteiger partial charge on any atom is 0.186 e. The quantitative estimate of drug-likeness (QED) is 0.115. The smallest absolute Gasteiger partial charge is 0.186 e. The molecule has 0 spiro atoms. The summed E-state index contributed by atoms with van der Waals surface area (Å²) < 4.78 is 2.31. The van der Waals surface area contributed by atoms with E-state index in [1.165, 1.54) is 16.8 Å². The molecule has 8 aromatic rings. The van der Waals surface area contributed by atoms with E-state index in [9.17, 15) is 15.3 Å². The molecule has 0 aliphatic heterocycles. The van der Waals surface area contributed by atoms with E-state index < -0.39 is 5.75 Å². The number of aromatic nitrogens is 1. The Morgan fingerprint density at radius 2 is 1.09 bits per heavy atom. The number of rotatable bonds is 7. The topological polar surface area (TPSA) is 68.9 Å². The van der Waals surface area contributed by atoms with Crippen molar-refractivity contribution in [2.75, 3.05) is 4.90 Å². The van der Waals surface area contributed by atoms with Crippen LogP contribution in [0, 0.1) is 0 Å². The van der Waals surface area contributed by atoms with Crippen molar-refractivity contribution in [3.05, 3.63) is 182 Å². The third-order valence-electron chi connectivity index (χ3n) is 10.1. The molecule has 3 N–H and O–H groups in total. The van der Waals surface area contributed by atoms with Crippen LogP contribution in [0.2, 0.25) is 0 Å². The summed E-state index contributed by atoms with van der Waals surface area (Å²) in [5.74, 6) is -0.875. The normalized spacial score (nSPS) is 12.6. The lowest BCUT2D eigenvalue weighted by molar-refractivity contribution is 0.399. The predicted molar refractivity (Wildman–Crippen MR) is 218 cm³/mol. The van der Waals surface area contributed by atoms with Crippen LogP contribution in [-0.2, 0) is 0 Å². The van der Waals surface area contributed by atoms with E-state index in [1.807, 2.05) is 78.9 Å². The van der Waals surface area contributed by atoms with Crippen molar-refractivity contribution in [3.63, 3.8) is 0 Å². The molecule has 1 aliphatic carbocycles. The van der Waals surface area contributed by atoms with Gasteiger partial charge in [0.2, 0.25) is 0 Å². The van der Waals surface area contributed by atoms with E-state index in [0.717, 1.165) is 51.8 Å². The van der Waals surface area contributed by atoms with Gasteiger partial charge < -0.3 is 24.8 Å². The highest BCUT2D eigenvalue weighted by Crippen LogP contribution is 2.53. The number of phenols is 3. The monoisotopic (exact) mass is 688 g/mol. The molecule has 0 fully saturated rings. The molecule has 5 nitrogen and oxygen atoms in total. The Morgan fingerprint density at radius 1 is 0.491 bits per heavy atom. The molecule has 1 heterocycles. The number of para-hydroxylation sites is 2. The minimum Gasteiger partial charge on any atom is -0.506 e. The minimum absolute atomic E-state index is 0.0906. The molecule has 0 saturated heterocycles. The van der Waals surface area contributed by atoms with Gasteiger partial charge in [-0.1, -0.05) is 121 Å². The number of allylic oxidation sites excluding steroid dienone is 4. The van der Waals surface area contributed by atoms with Crippen molar-refractivity contribution in [3.8, 4) is 45.2 Å². The molecule has 0 atom stereocenters. The van der Waals surface area contributed by atoms with Gasteiger partial charge in [0.15, 0.2) is 11.5 Å². The zero-order chi connectivity index (χ0) is 35.9. The van der Waals surface area contributed by atoms with Crippen molar-refractivity contribution >= 4 is 44.4 Å². The fourth-order valence-corrected chi connectivity index (χ4v) is 7.56. The highest BCUT2D eigenvalue weighted by molar-refractivity contribution is 6.09. The van der Waals surface area contributed by atoms with Gasteiger partial charge in [0.1, 0.15) is 11.4 Å². The molecule has 9 rings (SSSR count). The van der Waals surface area contributed by atoms with Gasteiger partial charge in [0.05, 0.1) is 11.0 Å². The average molecular weight is 689 g/mol. The fraction of sp³-hybridized carbons (Fsp3) is 0.0417. The lowest BCUT2D eigenvalue weighted by Gasteiger charge is -2.28. The summed E-state index contributed by atoms with van der Waals surface area (Å²) in [6.07, 6.45) is 8.60. The second-order valence-corrected chi connectivity index (χ2v) is 13.3. The van der Waals surface area contributed by atoms with E-state index >= 15 is 0 Å². The number of fused-ring (bicyclic) bond motifs is 3. The van der Waals surface area contributed by atoms with Gasteiger partial charge in [0, 0.05) is 33.4 Å². The summed E-state index contributed by atoms with van der Waals surface area (Å²) in [5.41, 5.74) is 10.2. The minimum atomic E-state index is -0.409. The molecule has 53 heavy (non-hydrogen) atoms. The number of hydrogen-bond donors (Lipinski definition) is 3. The van der Waals surface area contributed by atoms with Crippen LogP contribution < -0.4 is 4.90 Å². The highest BCUT2D eigenvalue weighted by Gasteiger charge is 2.26. The average Bonchev–Trinajstić information content (AvgIpc) is 3.56. The highest BCUT2D eigenvalue weighted by atomic mass is 16.3. The van der Waals surface area contributed by atoms with Gasteiger partial charge in [-0.3, -0.25) is 0 Å². The molecule has 256 valence electrons. The van der Waals surface area contributed by atoms with Crippen LogP contribution in [-0.4, -0.2) is 19.9 Å². The van der Waals surface area contributed by atoms with Gasteiger partial charge in [0.25, 0.3) is 0 Å². The zero-order valence-electron chi connectivity index (χ0n) is 28.9. The molecule has 1 aliphatic rings. The van der Waals surface area contributed by atoms with Gasteiger partial charge in [-0.25, -0.2) is 0 Å². The summed E-state index contributed by atoms with van der Waals surface area (Å²) >= 11 is 0. The fourth-order valence-electron chi connectivity index (χ4n) is 7.56. The van der Waals surface area contributed by atoms with Crippen molar-refractivity contribution in [1.29, 1.82) is 0 Å². The molecule has 0 bridgehead atoms. The molecule has 5 heteroatoms. The standard InChI is InChI=1S/C48H36N2O3/c51-45-31-42(35-14-5-2-6-15-35)47(52)48(53)46(45)49(37-26-22-33(23-27-37)32-12-3-1-4-13-32)38-28-24-34(25-29-38)36-16-11-17-39(30-36)50-43-20-9-7-18-40(43)41-19-8-10-21-44(41)50/h2-3,5-31,51-53H,1,4H2. The maximum atomic E-state index is 11.6. The molecule has 0 amide bonds. The van der Waals surface area contributed by atoms with E-state index in [0.29, 0.717) is 22.5 Å². The predicted octanol–water partition coefficient (Wildman–Crippen LogP) is 12.4. The summed E-state index contributed by atoms with van der Waals surface area (Å²) in [7, 11) is 0. The summed E-state index contributed by atoms with van der Waals surface area (Å²) in [5, 5.41) is 37.0. The Bertz CT molecular complexity index is 2640. The van der Waals surface area contributed by atoms with Crippen LogP contribution in [0.15, 0.2) is 176 Å². The number of anilines is 3. The van der Waals surface area contributed by atoms with Gasteiger partial charge in [-0.15, -0.1) is 0 Å². The van der Waals surface area contributed by atoms with E-state index in [4.69, 9.17) is 0 Å². The van der Waals surface area contributed by atoms with Crippen LogP contribution in [0.1, 0.15) is 18.4 Å². The van der Waals surface area contributed by atoms with Gasteiger partial charge >= 0.3 is 0 Å². The second-order valence-electron chi connectivity index (χ2n) is 13.3. The Labute approximate surface area is 307 Å². The summed E-state index contributed by atoms with van der Waals surface area (Å²) in [6, 6.07) is 52.3. The Hall–Kier alpha value is -6.98. The van der Waals surface area contributed by atoms with E-state index in [2.05, 4.69) is 95.6 Å². The molecule has 1 aromatic heterocycles. The van der Waals surface area contributed by atoms with Gasteiger partial charge in [-0.05, 0) is 95.3 Å². The summed E-state index contributed by atoms with van der Waals surface area (Å²) in [4.78, 5) is 1.78. The van der Waals surface area contributed by atoms with E-state index in [-0.39, 0.29) is 17.2 Å². The summed E-state index contributed by atoms with van der Waals surface area (Å²) in [6.45, 7) is 0. The molecular formula is C48H36N2O3. The molecule has 7 aromatic carbocycles. The lowest BCUT2D eigenvalue weighted by Crippen LogP contribution is -2.11. The van der Waals surface area contributed by atoms with Crippen molar-refractivity contribution < 1.29 is 15.3 Å². The zero-order valence-corrected chi connectivity index (χ0v) is 28.9. The van der Waals surface area contributed by atoms with Crippen molar-refractivity contribution in [2.45, 2.75) is 12.8 Å².